The van der Waals surface area contributed by atoms with Gasteiger partial charge in [-0.1, -0.05) is 29.2 Å². The summed E-state index contributed by atoms with van der Waals surface area (Å²) in [5.41, 5.74) is 0. The number of aromatic nitrogens is 5. The van der Waals surface area contributed by atoms with Crippen LogP contribution in [0.2, 0.25) is 0 Å². The predicted molar refractivity (Wildman–Crippen MR) is 104 cm³/mol. The van der Waals surface area contributed by atoms with Crippen molar-refractivity contribution >= 4 is 40.0 Å². The number of nitrogens with one attached hydrogen (secondary N) is 2. The van der Waals surface area contributed by atoms with Crippen molar-refractivity contribution in [3.63, 3.8) is 0 Å². The molecule has 3 heterocycles. The fourth-order valence-corrected chi connectivity index (χ4v) is 3.53. The lowest BCUT2D eigenvalue weighted by atomic mass is 10.4. The van der Waals surface area contributed by atoms with Crippen LogP contribution in [0.5, 0.6) is 0 Å². The summed E-state index contributed by atoms with van der Waals surface area (Å²) in [4.78, 5) is 24.1. The van der Waals surface area contributed by atoms with E-state index < -0.39 is 0 Å². The van der Waals surface area contributed by atoms with Gasteiger partial charge in [0.2, 0.25) is 11.0 Å². The van der Waals surface area contributed by atoms with E-state index in [1.807, 2.05) is 6.92 Å². The number of hydrogen-bond acceptors (Lipinski definition) is 9. The second kappa shape index (κ2) is 9.28. The highest BCUT2D eigenvalue weighted by molar-refractivity contribution is 7.99. The van der Waals surface area contributed by atoms with Crippen molar-refractivity contribution in [3.05, 3.63) is 47.6 Å². The van der Waals surface area contributed by atoms with Crippen LogP contribution in [0, 0.1) is 6.92 Å². The molecule has 0 aliphatic heterocycles. The highest BCUT2D eigenvalue weighted by atomic mass is 32.2. The number of rotatable bonds is 9. The Morgan fingerprint density at radius 1 is 1.36 bits per heavy atom. The van der Waals surface area contributed by atoms with Crippen LogP contribution in [-0.2, 0) is 17.9 Å². The lowest BCUT2D eigenvalue weighted by Crippen LogP contribution is -2.24. The largest absolute Gasteiger partial charge is 0.459 e. The molecule has 28 heavy (non-hydrogen) atoms. The van der Waals surface area contributed by atoms with Gasteiger partial charge in [-0.2, -0.15) is 0 Å². The third-order valence-electron chi connectivity index (χ3n) is 3.36. The van der Waals surface area contributed by atoms with Gasteiger partial charge in [-0.3, -0.25) is 14.9 Å². The minimum Gasteiger partial charge on any atom is -0.459 e. The van der Waals surface area contributed by atoms with Gasteiger partial charge in [-0.15, -0.1) is 27.0 Å². The maximum Gasteiger partial charge on any atom is 0.287 e. The molecule has 12 heteroatoms. The standard InChI is InChI=1S/C16H17N7O3S2/c1-3-6-23-12(8-17-14(25)11-5-4-7-26-11)20-22-16(23)27-9-13(24)18-15-21-19-10(2)28-15/h3-5,7H,1,6,8-9H2,2H3,(H,17,25)(H,18,21,24). The minimum absolute atomic E-state index is 0.132. The number of anilines is 1. The first-order valence-corrected chi connectivity index (χ1v) is 9.94. The van der Waals surface area contributed by atoms with E-state index in [4.69, 9.17) is 4.42 Å². The zero-order valence-corrected chi connectivity index (χ0v) is 16.5. The molecule has 3 aromatic rings. The number of amides is 2. The number of carbonyl (C=O) groups is 2. The van der Waals surface area contributed by atoms with E-state index in [9.17, 15) is 9.59 Å². The number of furan rings is 1. The summed E-state index contributed by atoms with van der Waals surface area (Å²) in [5, 5.41) is 23.1. The summed E-state index contributed by atoms with van der Waals surface area (Å²) in [6, 6.07) is 3.21. The van der Waals surface area contributed by atoms with Crippen LogP contribution >= 0.6 is 23.1 Å². The number of hydrogen-bond donors (Lipinski definition) is 2. The summed E-state index contributed by atoms with van der Waals surface area (Å²) in [6.07, 6.45) is 3.12. The molecule has 0 fully saturated rings. The molecule has 10 nitrogen and oxygen atoms in total. The smallest absolute Gasteiger partial charge is 0.287 e. The van der Waals surface area contributed by atoms with Gasteiger partial charge in [0.05, 0.1) is 18.6 Å². The van der Waals surface area contributed by atoms with Gasteiger partial charge in [0.1, 0.15) is 5.01 Å². The molecular formula is C16H17N7O3S2. The Bertz CT molecular complexity index is 965. The van der Waals surface area contributed by atoms with Crippen LogP contribution < -0.4 is 10.6 Å². The average molecular weight is 419 g/mol. The van der Waals surface area contributed by atoms with E-state index >= 15 is 0 Å². The van der Waals surface area contributed by atoms with Gasteiger partial charge >= 0.3 is 0 Å². The lowest BCUT2D eigenvalue weighted by Gasteiger charge is -2.08. The topological polar surface area (TPSA) is 128 Å². The van der Waals surface area contributed by atoms with Crippen LogP contribution in [0.25, 0.3) is 0 Å². The van der Waals surface area contributed by atoms with Gasteiger partial charge in [0, 0.05) is 6.54 Å². The van der Waals surface area contributed by atoms with Crippen molar-refractivity contribution < 1.29 is 14.0 Å². The molecule has 3 rings (SSSR count). The van der Waals surface area contributed by atoms with Crippen LogP contribution in [0.1, 0.15) is 21.4 Å². The molecule has 146 valence electrons. The Hall–Kier alpha value is -2.99. The summed E-state index contributed by atoms with van der Waals surface area (Å²) in [6.45, 7) is 6.14. The minimum atomic E-state index is -0.348. The Morgan fingerprint density at radius 3 is 2.89 bits per heavy atom. The third kappa shape index (κ3) is 5.04. The van der Waals surface area contributed by atoms with Crippen LogP contribution in [0.15, 0.2) is 40.6 Å². The van der Waals surface area contributed by atoms with Gasteiger partial charge in [-0.05, 0) is 19.1 Å². The SMILES string of the molecule is C=CCn1c(CNC(=O)c2ccco2)nnc1SCC(=O)Nc1nnc(C)s1. The Balaban J connectivity index is 1.59. The fourth-order valence-electron chi connectivity index (χ4n) is 2.16. The van der Waals surface area contributed by atoms with Crippen molar-refractivity contribution in [2.45, 2.75) is 25.2 Å². The fraction of sp³-hybridized carbons (Fsp3) is 0.250. The Labute approximate surface area is 168 Å². The molecule has 0 spiro atoms. The number of thioether (sulfide) groups is 1. The second-order valence-electron chi connectivity index (χ2n) is 5.42. The molecule has 0 saturated heterocycles. The quantitative estimate of drug-likeness (QED) is 0.397. The molecule has 3 aromatic heterocycles. The summed E-state index contributed by atoms with van der Waals surface area (Å²) in [7, 11) is 0. The highest BCUT2D eigenvalue weighted by Crippen LogP contribution is 2.19. The summed E-state index contributed by atoms with van der Waals surface area (Å²) in [5.74, 6) is 0.323. The first-order chi connectivity index (χ1) is 13.6. The molecule has 0 aliphatic carbocycles. The van der Waals surface area contributed by atoms with Crippen LogP contribution in [0.4, 0.5) is 5.13 Å². The van der Waals surface area contributed by atoms with E-state index in [1.54, 1.807) is 22.8 Å². The van der Waals surface area contributed by atoms with Crippen molar-refractivity contribution in [1.82, 2.24) is 30.3 Å². The number of allylic oxidation sites excluding steroid dienone is 1. The number of aryl methyl sites for hydroxylation is 1. The predicted octanol–water partition coefficient (Wildman–Crippen LogP) is 1.88. The van der Waals surface area contributed by atoms with E-state index in [0.717, 1.165) is 5.01 Å². The summed E-state index contributed by atoms with van der Waals surface area (Å²) < 4.78 is 6.83. The zero-order chi connectivity index (χ0) is 19.9. The van der Waals surface area contributed by atoms with E-state index in [-0.39, 0.29) is 29.9 Å². The lowest BCUT2D eigenvalue weighted by molar-refractivity contribution is -0.113. The van der Waals surface area contributed by atoms with Gasteiger partial charge < -0.3 is 14.3 Å². The first-order valence-electron chi connectivity index (χ1n) is 8.14. The van der Waals surface area contributed by atoms with Crippen molar-refractivity contribution in [2.24, 2.45) is 0 Å². The molecule has 0 aromatic carbocycles. The molecule has 2 N–H and O–H groups in total. The van der Waals surface area contributed by atoms with E-state index in [1.165, 1.54) is 29.4 Å². The molecule has 0 aliphatic rings. The average Bonchev–Trinajstić information content (AvgIpc) is 3.41. The number of nitrogens with zero attached hydrogens (tertiary/aromatic N) is 5. The van der Waals surface area contributed by atoms with Gasteiger partial charge in [-0.25, -0.2) is 0 Å². The first kappa shape index (κ1) is 19.8. The maximum absolute atomic E-state index is 12.1. The van der Waals surface area contributed by atoms with Gasteiger partial charge in [0.15, 0.2) is 16.7 Å². The molecule has 0 saturated carbocycles. The molecule has 0 bridgehead atoms. The van der Waals surface area contributed by atoms with E-state index in [2.05, 4.69) is 37.6 Å². The zero-order valence-electron chi connectivity index (χ0n) is 14.9. The molecule has 0 unspecified atom stereocenters. The molecular weight excluding hydrogens is 402 g/mol. The second-order valence-corrected chi connectivity index (χ2v) is 7.55. The normalized spacial score (nSPS) is 10.6. The maximum atomic E-state index is 12.1. The highest BCUT2D eigenvalue weighted by Gasteiger charge is 2.16. The van der Waals surface area contributed by atoms with Crippen molar-refractivity contribution in [2.75, 3.05) is 11.1 Å². The van der Waals surface area contributed by atoms with Crippen molar-refractivity contribution in [3.8, 4) is 0 Å². The molecule has 2 amide bonds. The summed E-state index contributed by atoms with van der Waals surface area (Å²) >= 11 is 2.53. The van der Waals surface area contributed by atoms with Crippen molar-refractivity contribution in [1.29, 1.82) is 0 Å². The third-order valence-corrected chi connectivity index (χ3v) is 5.08. The monoisotopic (exact) mass is 419 g/mol. The van der Waals surface area contributed by atoms with Crippen LogP contribution in [0.3, 0.4) is 0 Å². The Morgan fingerprint density at radius 2 is 2.21 bits per heavy atom. The molecule has 0 radical (unpaired) electrons. The van der Waals surface area contributed by atoms with E-state index in [0.29, 0.717) is 22.7 Å². The molecule has 0 atom stereocenters. The van der Waals surface area contributed by atoms with Gasteiger partial charge in [0.25, 0.3) is 5.91 Å². The Kier molecular flexibility index (Phi) is 6.55. The van der Waals surface area contributed by atoms with Crippen LogP contribution in [-0.4, -0.2) is 42.5 Å². The number of carbonyl (C=O) groups excluding carboxylic acids is 2.